The fraction of sp³-hybridized carbons (Fsp3) is 0.429. The maximum atomic E-state index is 12.2. The average molecular weight is 222 g/mol. The number of nitrogens with zero attached hydrogens (tertiary/aromatic N) is 2. The SMILES string of the molecule is Nc1cc(NCCO)nc(C(F)(F)F)n1. The normalized spacial score (nSPS) is 11.5. The molecule has 0 bridgehead atoms. The van der Waals surface area contributed by atoms with E-state index in [0.717, 1.165) is 6.07 Å². The number of nitrogens with one attached hydrogen (secondary N) is 1. The van der Waals surface area contributed by atoms with Crippen LogP contribution in [-0.2, 0) is 6.18 Å². The number of aliphatic hydroxyl groups is 1. The third-order valence-electron chi connectivity index (χ3n) is 1.42. The van der Waals surface area contributed by atoms with Crippen molar-refractivity contribution in [3.8, 4) is 0 Å². The molecule has 15 heavy (non-hydrogen) atoms. The van der Waals surface area contributed by atoms with Crippen molar-refractivity contribution >= 4 is 11.6 Å². The Kier molecular flexibility index (Phi) is 3.30. The van der Waals surface area contributed by atoms with Crippen molar-refractivity contribution in [1.82, 2.24) is 9.97 Å². The van der Waals surface area contributed by atoms with Gasteiger partial charge in [0.15, 0.2) is 0 Å². The molecule has 0 aromatic carbocycles. The van der Waals surface area contributed by atoms with Crippen LogP contribution in [0, 0.1) is 0 Å². The first-order chi connectivity index (χ1) is 6.93. The van der Waals surface area contributed by atoms with Gasteiger partial charge in [0.1, 0.15) is 11.6 Å². The van der Waals surface area contributed by atoms with Crippen LogP contribution in [0.5, 0.6) is 0 Å². The van der Waals surface area contributed by atoms with Gasteiger partial charge in [0.2, 0.25) is 5.82 Å². The lowest BCUT2D eigenvalue weighted by atomic mass is 10.4. The van der Waals surface area contributed by atoms with E-state index in [0.29, 0.717) is 0 Å². The Hall–Kier alpha value is -1.57. The number of rotatable bonds is 3. The van der Waals surface area contributed by atoms with Crippen LogP contribution in [0.1, 0.15) is 5.82 Å². The first kappa shape index (κ1) is 11.5. The Morgan fingerprint density at radius 1 is 1.40 bits per heavy atom. The summed E-state index contributed by atoms with van der Waals surface area (Å²) in [5.74, 6) is -1.65. The summed E-state index contributed by atoms with van der Waals surface area (Å²) in [6, 6.07) is 1.16. The molecular formula is C7H9F3N4O. The molecule has 0 aliphatic carbocycles. The van der Waals surface area contributed by atoms with Crippen molar-refractivity contribution in [2.45, 2.75) is 6.18 Å². The molecule has 0 spiro atoms. The zero-order valence-electron chi connectivity index (χ0n) is 7.54. The summed E-state index contributed by atoms with van der Waals surface area (Å²) >= 11 is 0. The van der Waals surface area contributed by atoms with Crippen LogP contribution in [0.2, 0.25) is 0 Å². The quantitative estimate of drug-likeness (QED) is 0.692. The lowest BCUT2D eigenvalue weighted by Gasteiger charge is -2.08. The number of nitrogens with two attached hydrogens (primary N) is 1. The molecular weight excluding hydrogens is 213 g/mol. The van der Waals surface area contributed by atoms with Crippen LogP contribution < -0.4 is 11.1 Å². The smallest absolute Gasteiger partial charge is 0.395 e. The van der Waals surface area contributed by atoms with E-state index >= 15 is 0 Å². The van der Waals surface area contributed by atoms with Crippen LogP contribution >= 0.6 is 0 Å². The van der Waals surface area contributed by atoms with Gasteiger partial charge in [0.25, 0.3) is 0 Å². The van der Waals surface area contributed by atoms with E-state index in [1.54, 1.807) is 0 Å². The lowest BCUT2D eigenvalue weighted by molar-refractivity contribution is -0.144. The zero-order valence-corrected chi connectivity index (χ0v) is 7.54. The molecule has 1 aromatic heterocycles. The van der Waals surface area contributed by atoms with Gasteiger partial charge >= 0.3 is 6.18 Å². The van der Waals surface area contributed by atoms with Crippen molar-refractivity contribution in [3.05, 3.63) is 11.9 Å². The van der Waals surface area contributed by atoms with Crippen molar-refractivity contribution in [1.29, 1.82) is 0 Å². The second-order valence-electron chi connectivity index (χ2n) is 2.65. The van der Waals surface area contributed by atoms with E-state index in [9.17, 15) is 13.2 Å². The highest BCUT2D eigenvalue weighted by Gasteiger charge is 2.35. The van der Waals surface area contributed by atoms with E-state index in [2.05, 4.69) is 15.3 Å². The molecule has 0 aliphatic rings. The number of aliphatic hydroxyl groups excluding tert-OH is 1. The minimum Gasteiger partial charge on any atom is -0.395 e. The summed E-state index contributed by atoms with van der Waals surface area (Å²) < 4.78 is 36.6. The van der Waals surface area contributed by atoms with E-state index in [4.69, 9.17) is 10.8 Å². The first-order valence-corrected chi connectivity index (χ1v) is 4.00. The Balaban J connectivity index is 2.95. The van der Waals surface area contributed by atoms with E-state index in [1.807, 2.05) is 0 Å². The highest BCUT2D eigenvalue weighted by Crippen LogP contribution is 2.27. The molecule has 0 amide bonds. The third kappa shape index (κ3) is 3.24. The van der Waals surface area contributed by atoms with Gasteiger partial charge in [0.05, 0.1) is 6.61 Å². The third-order valence-corrected chi connectivity index (χ3v) is 1.42. The molecule has 0 saturated carbocycles. The van der Waals surface area contributed by atoms with Gasteiger partial charge in [-0.1, -0.05) is 0 Å². The van der Waals surface area contributed by atoms with Crippen molar-refractivity contribution < 1.29 is 18.3 Å². The molecule has 84 valence electrons. The Bertz CT molecular complexity index is 341. The number of aromatic nitrogens is 2. The minimum absolute atomic E-state index is 0.0659. The topological polar surface area (TPSA) is 84.1 Å². The maximum absolute atomic E-state index is 12.2. The highest BCUT2D eigenvalue weighted by molar-refractivity contribution is 5.44. The second kappa shape index (κ2) is 4.30. The summed E-state index contributed by atoms with van der Waals surface area (Å²) in [4.78, 5) is 6.26. The fourth-order valence-corrected chi connectivity index (χ4v) is 0.867. The molecule has 0 fully saturated rings. The van der Waals surface area contributed by atoms with Crippen LogP contribution in [-0.4, -0.2) is 28.2 Å². The summed E-state index contributed by atoms with van der Waals surface area (Å²) in [5.41, 5.74) is 5.17. The Morgan fingerprint density at radius 3 is 2.60 bits per heavy atom. The number of nitrogen functional groups attached to an aromatic ring is 1. The number of anilines is 2. The largest absolute Gasteiger partial charge is 0.451 e. The molecule has 0 atom stereocenters. The molecule has 1 aromatic rings. The summed E-state index contributed by atoms with van der Waals surface area (Å²) in [5, 5.41) is 10.9. The van der Waals surface area contributed by atoms with Gasteiger partial charge in [-0.15, -0.1) is 0 Å². The number of halogens is 3. The number of hydrogen-bond donors (Lipinski definition) is 3. The number of hydrogen-bond acceptors (Lipinski definition) is 5. The van der Waals surface area contributed by atoms with Gasteiger partial charge in [-0.25, -0.2) is 9.97 Å². The molecule has 5 nitrogen and oxygen atoms in total. The molecule has 1 rings (SSSR count). The number of alkyl halides is 3. The average Bonchev–Trinajstić information content (AvgIpc) is 2.12. The zero-order chi connectivity index (χ0) is 11.5. The molecule has 0 saturated heterocycles. The molecule has 4 N–H and O–H groups in total. The Morgan fingerprint density at radius 2 is 2.07 bits per heavy atom. The van der Waals surface area contributed by atoms with Crippen molar-refractivity contribution in [3.63, 3.8) is 0 Å². The van der Waals surface area contributed by atoms with Gasteiger partial charge in [-0.3, -0.25) is 0 Å². The molecule has 0 aliphatic heterocycles. The monoisotopic (exact) mass is 222 g/mol. The highest BCUT2D eigenvalue weighted by atomic mass is 19.4. The Labute approximate surface area is 83.1 Å². The minimum atomic E-state index is -4.63. The summed E-state index contributed by atoms with van der Waals surface area (Å²) in [7, 11) is 0. The van der Waals surface area contributed by atoms with E-state index in [-0.39, 0.29) is 24.8 Å². The summed E-state index contributed by atoms with van der Waals surface area (Å²) in [6.07, 6.45) is -4.63. The summed E-state index contributed by atoms with van der Waals surface area (Å²) in [6.45, 7) is -0.126. The van der Waals surface area contributed by atoms with E-state index in [1.165, 1.54) is 0 Å². The van der Waals surface area contributed by atoms with Crippen molar-refractivity contribution in [2.24, 2.45) is 0 Å². The second-order valence-corrected chi connectivity index (χ2v) is 2.65. The van der Waals surface area contributed by atoms with Gasteiger partial charge in [0, 0.05) is 12.6 Å². The van der Waals surface area contributed by atoms with Gasteiger partial charge in [-0.2, -0.15) is 13.2 Å². The molecule has 8 heteroatoms. The molecule has 0 unspecified atom stereocenters. The standard InChI is InChI=1S/C7H9F3N4O/c8-7(9,10)6-13-4(11)3-5(14-6)12-1-2-15/h3,15H,1-2H2,(H3,11,12,13,14). The molecule has 1 heterocycles. The lowest BCUT2D eigenvalue weighted by Crippen LogP contribution is -2.15. The van der Waals surface area contributed by atoms with Crippen LogP contribution in [0.15, 0.2) is 6.07 Å². The van der Waals surface area contributed by atoms with Crippen LogP contribution in [0.4, 0.5) is 24.8 Å². The van der Waals surface area contributed by atoms with Gasteiger partial charge in [-0.05, 0) is 0 Å². The van der Waals surface area contributed by atoms with Gasteiger partial charge < -0.3 is 16.2 Å². The predicted octanol–water partition coefficient (Wildman–Crippen LogP) is 0.482. The van der Waals surface area contributed by atoms with Crippen LogP contribution in [0.25, 0.3) is 0 Å². The fourth-order valence-electron chi connectivity index (χ4n) is 0.867. The van der Waals surface area contributed by atoms with Crippen molar-refractivity contribution in [2.75, 3.05) is 24.2 Å². The first-order valence-electron chi connectivity index (χ1n) is 4.00. The van der Waals surface area contributed by atoms with Crippen LogP contribution in [0.3, 0.4) is 0 Å². The maximum Gasteiger partial charge on any atom is 0.451 e. The predicted molar refractivity (Wildman–Crippen MR) is 47.0 cm³/mol. The van der Waals surface area contributed by atoms with E-state index < -0.39 is 12.0 Å². The molecule has 0 radical (unpaired) electrons.